The maximum Gasteiger partial charge on any atom is 0.165 e. The van der Waals surface area contributed by atoms with Crippen LogP contribution < -0.4 is 10.5 Å². The van der Waals surface area contributed by atoms with Gasteiger partial charge in [0, 0.05) is 24.5 Å². The van der Waals surface area contributed by atoms with E-state index in [0.717, 1.165) is 16.7 Å². The molecule has 0 bridgehead atoms. The molecule has 0 aliphatic rings. The van der Waals surface area contributed by atoms with Gasteiger partial charge >= 0.3 is 0 Å². The molecule has 3 nitrogen and oxygen atoms in total. The first-order valence-corrected chi connectivity index (χ1v) is 5.22. The molecule has 0 fully saturated rings. The lowest BCUT2D eigenvalue weighted by atomic mass is 10.1. The molecule has 2 N–H and O–H groups in total. The van der Waals surface area contributed by atoms with E-state index >= 15 is 0 Å². The number of nitrogens with two attached hydrogens (primary N) is 1. The summed E-state index contributed by atoms with van der Waals surface area (Å²) in [7, 11) is 1.44. The highest BCUT2D eigenvalue weighted by molar-refractivity contribution is 5.64. The van der Waals surface area contributed by atoms with Crippen molar-refractivity contribution in [2.75, 3.05) is 7.11 Å². The van der Waals surface area contributed by atoms with Gasteiger partial charge in [0.05, 0.1) is 7.11 Å². The lowest BCUT2D eigenvalue weighted by Crippen LogP contribution is -1.97. The topological polar surface area (TPSA) is 48.1 Å². The summed E-state index contributed by atoms with van der Waals surface area (Å²) in [6, 6.07) is 6.71. The molecule has 4 heteroatoms. The summed E-state index contributed by atoms with van der Waals surface area (Å²) in [5, 5.41) is 0. The Kier molecular flexibility index (Phi) is 3.35. The quantitative estimate of drug-likeness (QED) is 0.883. The second-order valence-electron chi connectivity index (χ2n) is 3.64. The van der Waals surface area contributed by atoms with E-state index in [0.29, 0.717) is 6.54 Å². The predicted octanol–water partition coefficient (Wildman–Crippen LogP) is 2.36. The molecule has 2 rings (SSSR count). The van der Waals surface area contributed by atoms with E-state index in [1.54, 1.807) is 24.5 Å². The first-order valence-electron chi connectivity index (χ1n) is 5.22. The van der Waals surface area contributed by atoms with Crippen LogP contribution in [-0.2, 0) is 6.54 Å². The molecule has 0 unspecified atom stereocenters. The van der Waals surface area contributed by atoms with Crippen molar-refractivity contribution in [1.29, 1.82) is 0 Å². The molecule has 0 saturated heterocycles. The van der Waals surface area contributed by atoms with Gasteiger partial charge in [0.1, 0.15) is 0 Å². The fraction of sp³-hybridized carbons (Fsp3) is 0.154. The zero-order valence-electron chi connectivity index (χ0n) is 9.48. The van der Waals surface area contributed by atoms with Crippen molar-refractivity contribution in [2.45, 2.75) is 6.54 Å². The molecule has 17 heavy (non-hydrogen) atoms. The van der Waals surface area contributed by atoms with Crippen molar-refractivity contribution >= 4 is 0 Å². The van der Waals surface area contributed by atoms with Gasteiger partial charge in [-0.15, -0.1) is 0 Å². The molecule has 0 radical (unpaired) electrons. The number of nitrogens with zero attached hydrogens (tertiary/aromatic N) is 1. The summed E-state index contributed by atoms with van der Waals surface area (Å²) in [6.45, 7) is 0.416. The number of methoxy groups -OCH3 is 1. The molecule has 0 saturated carbocycles. The highest BCUT2D eigenvalue weighted by atomic mass is 19.1. The van der Waals surface area contributed by atoms with E-state index in [-0.39, 0.29) is 11.6 Å². The number of ether oxygens (including phenoxy) is 1. The Balaban J connectivity index is 2.42. The number of hydrogen-bond donors (Lipinski definition) is 1. The molecular formula is C13H13FN2O. The van der Waals surface area contributed by atoms with Crippen LogP contribution in [0.4, 0.5) is 4.39 Å². The van der Waals surface area contributed by atoms with Crippen molar-refractivity contribution in [3.05, 3.63) is 48.0 Å². The van der Waals surface area contributed by atoms with Crippen molar-refractivity contribution in [1.82, 2.24) is 4.98 Å². The van der Waals surface area contributed by atoms with Crippen LogP contribution in [-0.4, -0.2) is 12.1 Å². The summed E-state index contributed by atoms with van der Waals surface area (Å²) in [4.78, 5) is 4.07. The minimum Gasteiger partial charge on any atom is -0.494 e. The van der Waals surface area contributed by atoms with Crippen molar-refractivity contribution in [3.63, 3.8) is 0 Å². The van der Waals surface area contributed by atoms with Crippen LogP contribution in [0.3, 0.4) is 0 Å². The molecule has 0 spiro atoms. The van der Waals surface area contributed by atoms with E-state index < -0.39 is 0 Å². The summed E-state index contributed by atoms with van der Waals surface area (Å²) < 4.78 is 18.4. The van der Waals surface area contributed by atoms with Crippen LogP contribution in [0.25, 0.3) is 11.1 Å². The highest BCUT2D eigenvalue weighted by Gasteiger charge is 2.05. The van der Waals surface area contributed by atoms with Crippen LogP contribution in [0.2, 0.25) is 0 Å². The van der Waals surface area contributed by atoms with Gasteiger partial charge in [-0.3, -0.25) is 4.98 Å². The van der Waals surface area contributed by atoms with E-state index in [2.05, 4.69) is 4.98 Å². The van der Waals surface area contributed by atoms with Crippen molar-refractivity contribution in [3.8, 4) is 16.9 Å². The smallest absolute Gasteiger partial charge is 0.165 e. The third-order valence-corrected chi connectivity index (χ3v) is 2.52. The molecule has 0 aliphatic heterocycles. The van der Waals surface area contributed by atoms with Crippen molar-refractivity contribution in [2.24, 2.45) is 5.73 Å². The molecule has 1 heterocycles. The second kappa shape index (κ2) is 4.93. The van der Waals surface area contributed by atoms with E-state index in [1.807, 2.05) is 6.07 Å². The Morgan fingerprint density at radius 2 is 2.06 bits per heavy atom. The normalized spacial score (nSPS) is 10.3. The van der Waals surface area contributed by atoms with Crippen LogP contribution in [0.1, 0.15) is 5.56 Å². The minimum absolute atomic E-state index is 0.233. The monoisotopic (exact) mass is 232 g/mol. The first kappa shape index (κ1) is 11.5. The lowest BCUT2D eigenvalue weighted by molar-refractivity contribution is 0.386. The van der Waals surface area contributed by atoms with Gasteiger partial charge in [0.25, 0.3) is 0 Å². The average Bonchev–Trinajstić information content (AvgIpc) is 2.38. The maximum atomic E-state index is 13.5. The Labute approximate surface area is 99.1 Å². The van der Waals surface area contributed by atoms with E-state index in [4.69, 9.17) is 10.5 Å². The molecular weight excluding hydrogens is 219 g/mol. The number of halogens is 1. The number of hydrogen-bond acceptors (Lipinski definition) is 3. The summed E-state index contributed by atoms with van der Waals surface area (Å²) >= 11 is 0. The third-order valence-electron chi connectivity index (χ3n) is 2.52. The van der Waals surface area contributed by atoms with Gasteiger partial charge in [-0.2, -0.15) is 0 Å². The Morgan fingerprint density at radius 1 is 1.24 bits per heavy atom. The van der Waals surface area contributed by atoms with E-state index in [1.165, 1.54) is 13.2 Å². The standard InChI is InChI=1S/C13H13FN2O/c1-17-13-3-2-10(5-12(13)14)11-4-9(6-15)7-16-8-11/h2-5,7-8H,6,15H2,1H3. The Bertz CT molecular complexity index is 529. The maximum absolute atomic E-state index is 13.5. The van der Waals surface area contributed by atoms with Crippen molar-refractivity contribution < 1.29 is 9.13 Å². The zero-order valence-corrected chi connectivity index (χ0v) is 9.48. The molecule has 88 valence electrons. The van der Waals surface area contributed by atoms with Crippen LogP contribution >= 0.6 is 0 Å². The minimum atomic E-state index is -0.386. The van der Waals surface area contributed by atoms with Gasteiger partial charge in [0.15, 0.2) is 11.6 Å². The number of benzene rings is 1. The molecule has 0 amide bonds. The third kappa shape index (κ3) is 2.42. The van der Waals surface area contributed by atoms with Gasteiger partial charge in [-0.05, 0) is 29.3 Å². The summed E-state index contributed by atoms with van der Waals surface area (Å²) in [5.74, 6) is -0.153. The fourth-order valence-electron chi connectivity index (χ4n) is 1.60. The molecule has 0 aliphatic carbocycles. The first-order chi connectivity index (χ1) is 8.24. The highest BCUT2D eigenvalue weighted by Crippen LogP contribution is 2.25. The summed E-state index contributed by atoms with van der Waals surface area (Å²) in [5.41, 5.74) is 8.05. The average molecular weight is 232 g/mol. The second-order valence-corrected chi connectivity index (χ2v) is 3.64. The lowest BCUT2D eigenvalue weighted by Gasteiger charge is -2.06. The van der Waals surface area contributed by atoms with Gasteiger partial charge in [-0.25, -0.2) is 4.39 Å². The van der Waals surface area contributed by atoms with Gasteiger partial charge in [0.2, 0.25) is 0 Å². The van der Waals surface area contributed by atoms with Gasteiger partial charge in [-0.1, -0.05) is 6.07 Å². The Morgan fingerprint density at radius 3 is 2.71 bits per heavy atom. The zero-order chi connectivity index (χ0) is 12.3. The van der Waals surface area contributed by atoms with Crippen LogP contribution in [0.5, 0.6) is 5.75 Å². The van der Waals surface area contributed by atoms with Crippen LogP contribution in [0.15, 0.2) is 36.7 Å². The number of rotatable bonds is 3. The van der Waals surface area contributed by atoms with Crippen LogP contribution in [0, 0.1) is 5.82 Å². The number of pyridine rings is 1. The molecule has 2 aromatic rings. The summed E-state index contributed by atoms with van der Waals surface area (Å²) in [6.07, 6.45) is 3.38. The fourth-order valence-corrected chi connectivity index (χ4v) is 1.60. The molecule has 1 aromatic heterocycles. The molecule has 1 aromatic carbocycles. The SMILES string of the molecule is COc1ccc(-c2cncc(CN)c2)cc1F. The Hall–Kier alpha value is -1.94. The molecule has 0 atom stereocenters. The largest absolute Gasteiger partial charge is 0.494 e. The number of aromatic nitrogens is 1. The van der Waals surface area contributed by atoms with E-state index in [9.17, 15) is 4.39 Å². The predicted molar refractivity (Wildman–Crippen MR) is 64.1 cm³/mol. The van der Waals surface area contributed by atoms with Gasteiger partial charge < -0.3 is 10.5 Å².